The molecule has 1 amide bonds. The van der Waals surface area contributed by atoms with E-state index in [9.17, 15) is 4.79 Å². The van der Waals surface area contributed by atoms with Crippen molar-refractivity contribution in [1.29, 1.82) is 0 Å². The number of halogens is 1. The van der Waals surface area contributed by atoms with E-state index in [0.29, 0.717) is 16.4 Å². The predicted molar refractivity (Wildman–Crippen MR) is 85.4 cm³/mol. The molecule has 21 heavy (non-hydrogen) atoms. The van der Waals surface area contributed by atoms with Crippen LogP contribution in [0.5, 0.6) is 0 Å². The van der Waals surface area contributed by atoms with Gasteiger partial charge in [-0.25, -0.2) is 4.98 Å². The molecule has 3 N–H and O–H groups in total. The summed E-state index contributed by atoms with van der Waals surface area (Å²) in [5.74, 6) is 0.194. The van der Waals surface area contributed by atoms with Gasteiger partial charge in [-0.15, -0.1) is 0 Å². The average Bonchev–Trinajstić information content (AvgIpc) is 2.47. The molecule has 2 aromatic rings. The van der Waals surface area contributed by atoms with Gasteiger partial charge >= 0.3 is 0 Å². The molecule has 0 aliphatic rings. The van der Waals surface area contributed by atoms with Crippen LogP contribution in [0.25, 0.3) is 0 Å². The highest BCUT2D eigenvalue weighted by Gasteiger charge is 2.13. The molecule has 110 valence electrons. The number of nitrogens with one attached hydrogen (secondary N) is 1. The number of anilines is 1. The lowest BCUT2D eigenvalue weighted by atomic mass is 10.1. The summed E-state index contributed by atoms with van der Waals surface area (Å²) in [5.41, 5.74) is 8.05. The highest BCUT2D eigenvalue weighted by atomic mass is 35.5. The summed E-state index contributed by atoms with van der Waals surface area (Å²) >= 11 is 5.86. The molecule has 1 aromatic carbocycles. The van der Waals surface area contributed by atoms with E-state index in [4.69, 9.17) is 17.3 Å². The van der Waals surface area contributed by atoms with Gasteiger partial charge in [-0.1, -0.05) is 30.7 Å². The smallest absolute Gasteiger partial charge is 0.251 e. The molecule has 0 spiro atoms. The van der Waals surface area contributed by atoms with Gasteiger partial charge in [0, 0.05) is 16.3 Å². The third-order valence-electron chi connectivity index (χ3n) is 3.24. The monoisotopic (exact) mass is 303 g/mol. The quantitative estimate of drug-likeness (QED) is 0.910. The first-order chi connectivity index (χ1) is 9.99. The van der Waals surface area contributed by atoms with Crippen molar-refractivity contribution in [2.75, 3.05) is 5.73 Å². The Hall–Kier alpha value is -2.07. The maximum absolute atomic E-state index is 12.3. The van der Waals surface area contributed by atoms with Crippen LogP contribution in [-0.4, -0.2) is 10.9 Å². The van der Waals surface area contributed by atoms with Crippen molar-refractivity contribution in [2.24, 2.45) is 0 Å². The molecule has 1 atom stereocenters. The molecule has 0 bridgehead atoms. The lowest BCUT2D eigenvalue weighted by Crippen LogP contribution is -2.27. The second-order valence-corrected chi connectivity index (χ2v) is 5.31. The third-order valence-corrected chi connectivity index (χ3v) is 3.49. The molecule has 0 saturated carbocycles. The average molecular weight is 304 g/mol. The fourth-order valence-electron chi connectivity index (χ4n) is 2.04. The number of hydrogen-bond acceptors (Lipinski definition) is 3. The molecule has 4 nitrogen and oxygen atoms in total. The minimum Gasteiger partial charge on any atom is -0.384 e. The Labute approximate surface area is 129 Å². The predicted octanol–water partition coefficient (Wildman–Crippen LogP) is 3.37. The number of carbonyl (C=O) groups is 1. The highest BCUT2D eigenvalue weighted by molar-refractivity contribution is 6.30. The summed E-state index contributed by atoms with van der Waals surface area (Å²) in [6.07, 6.45) is 0.734. The van der Waals surface area contributed by atoms with E-state index in [0.717, 1.165) is 17.7 Å². The first-order valence-corrected chi connectivity index (χ1v) is 7.20. The van der Waals surface area contributed by atoms with Crippen LogP contribution in [0.15, 0.2) is 36.4 Å². The number of pyridine rings is 1. The van der Waals surface area contributed by atoms with Crippen LogP contribution >= 0.6 is 11.6 Å². The second-order valence-electron chi connectivity index (χ2n) is 4.87. The Morgan fingerprint density at radius 1 is 1.33 bits per heavy atom. The van der Waals surface area contributed by atoms with Crippen LogP contribution < -0.4 is 11.1 Å². The van der Waals surface area contributed by atoms with Crippen LogP contribution in [0.1, 0.15) is 41.5 Å². The molecule has 0 aliphatic carbocycles. The fourth-order valence-corrected chi connectivity index (χ4v) is 2.16. The van der Waals surface area contributed by atoms with E-state index < -0.39 is 0 Å². The standard InChI is InChI=1S/C16H18ClN3O/c1-3-14-8-12(9-15(18)20-14)16(21)19-10(2)11-4-6-13(17)7-5-11/h4-10H,3H2,1-2H3,(H2,18,20)(H,19,21). The SMILES string of the molecule is CCc1cc(C(=O)NC(C)c2ccc(Cl)cc2)cc(N)n1. The molecule has 1 heterocycles. The summed E-state index contributed by atoms with van der Waals surface area (Å²) in [6, 6.07) is 10.6. The van der Waals surface area contributed by atoms with Gasteiger partial charge < -0.3 is 11.1 Å². The zero-order chi connectivity index (χ0) is 15.4. The molecular formula is C16H18ClN3O. The van der Waals surface area contributed by atoms with Gasteiger partial charge in [0.15, 0.2) is 0 Å². The number of hydrogen-bond donors (Lipinski definition) is 2. The zero-order valence-corrected chi connectivity index (χ0v) is 12.8. The number of nitrogens with zero attached hydrogens (tertiary/aromatic N) is 1. The largest absolute Gasteiger partial charge is 0.384 e. The summed E-state index contributed by atoms with van der Waals surface area (Å²) in [5, 5.41) is 3.62. The second kappa shape index (κ2) is 6.59. The van der Waals surface area contributed by atoms with Gasteiger partial charge in [0.05, 0.1) is 6.04 Å². The first kappa shape index (κ1) is 15.3. The van der Waals surface area contributed by atoms with Crippen LogP contribution in [0.3, 0.4) is 0 Å². The molecule has 0 saturated heterocycles. The van der Waals surface area contributed by atoms with Gasteiger partial charge in [0.2, 0.25) is 0 Å². The van der Waals surface area contributed by atoms with Crippen molar-refractivity contribution >= 4 is 23.3 Å². The zero-order valence-electron chi connectivity index (χ0n) is 12.1. The summed E-state index contributed by atoms with van der Waals surface area (Å²) < 4.78 is 0. The molecule has 1 unspecified atom stereocenters. The van der Waals surface area contributed by atoms with Gasteiger partial charge in [0.25, 0.3) is 5.91 Å². The van der Waals surface area contributed by atoms with E-state index in [1.54, 1.807) is 24.3 Å². The van der Waals surface area contributed by atoms with Crippen molar-refractivity contribution in [2.45, 2.75) is 26.3 Å². The summed E-state index contributed by atoms with van der Waals surface area (Å²) in [7, 11) is 0. The number of rotatable bonds is 4. The van der Waals surface area contributed by atoms with Crippen molar-refractivity contribution in [3.63, 3.8) is 0 Å². The number of carbonyl (C=O) groups excluding carboxylic acids is 1. The van der Waals surface area contributed by atoms with Gasteiger partial charge in [-0.2, -0.15) is 0 Å². The number of nitrogens with two attached hydrogens (primary N) is 1. The summed E-state index contributed by atoms with van der Waals surface area (Å²) in [4.78, 5) is 16.5. The molecule has 1 aromatic heterocycles. The number of benzene rings is 1. The molecular weight excluding hydrogens is 286 g/mol. The Balaban J connectivity index is 2.13. The first-order valence-electron chi connectivity index (χ1n) is 6.82. The lowest BCUT2D eigenvalue weighted by molar-refractivity contribution is 0.0939. The van der Waals surface area contributed by atoms with E-state index in [2.05, 4.69) is 10.3 Å². The van der Waals surface area contributed by atoms with Crippen LogP contribution in [0.2, 0.25) is 5.02 Å². The van der Waals surface area contributed by atoms with Crippen molar-refractivity contribution < 1.29 is 4.79 Å². The number of nitrogen functional groups attached to an aromatic ring is 1. The molecule has 0 radical (unpaired) electrons. The molecule has 2 rings (SSSR count). The van der Waals surface area contributed by atoms with E-state index in [-0.39, 0.29) is 11.9 Å². The van der Waals surface area contributed by atoms with Gasteiger partial charge in [-0.05, 0) is 43.2 Å². The number of aryl methyl sites for hydroxylation is 1. The number of amides is 1. The van der Waals surface area contributed by atoms with Gasteiger partial charge in [0.1, 0.15) is 5.82 Å². The molecule has 0 aliphatic heterocycles. The maximum Gasteiger partial charge on any atom is 0.251 e. The third kappa shape index (κ3) is 3.95. The van der Waals surface area contributed by atoms with Crippen LogP contribution in [0, 0.1) is 0 Å². The van der Waals surface area contributed by atoms with E-state index >= 15 is 0 Å². The summed E-state index contributed by atoms with van der Waals surface area (Å²) in [6.45, 7) is 3.90. The Bertz CT molecular complexity index is 640. The Kier molecular flexibility index (Phi) is 4.81. The highest BCUT2D eigenvalue weighted by Crippen LogP contribution is 2.17. The Morgan fingerprint density at radius 2 is 2.00 bits per heavy atom. The minimum absolute atomic E-state index is 0.116. The normalized spacial score (nSPS) is 12.0. The maximum atomic E-state index is 12.3. The van der Waals surface area contributed by atoms with Crippen LogP contribution in [0.4, 0.5) is 5.82 Å². The molecule has 0 fully saturated rings. The number of aromatic nitrogens is 1. The van der Waals surface area contributed by atoms with Crippen molar-refractivity contribution in [3.05, 3.63) is 58.2 Å². The fraction of sp³-hybridized carbons (Fsp3) is 0.250. The minimum atomic E-state index is -0.166. The van der Waals surface area contributed by atoms with Gasteiger partial charge in [-0.3, -0.25) is 4.79 Å². The van der Waals surface area contributed by atoms with Crippen molar-refractivity contribution in [3.8, 4) is 0 Å². The molecule has 5 heteroatoms. The van der Waals surface area contributed by atoms with E-state index in [1.807, 2.05) is 26.0 Å². The van der Waals surface area contributed by atoms with Crippen LogP contribution in [-0.2, 0) is 6.42 Å². The lowest BCUT2D eigenvalue weighted by Gasteiger charge is -2.15. The van der Waals surface area contributed by atoms with E-state index in [1.165, 1.54) is 0 Å². The Morgan fingerprint density at radius 3 is 2.62 bits per heavy atom. The topological polar surface area (TPSA) is 68.0 Å². The van der Waals surface area contributed by atoms with Crippen molar-refractivity contribution in [1.82, 2.24) is 10.3 Å².